The smallest absolute Gasteiger partial charge is 0.224 e. The highest BCUT2D eigenvalue weighted by atomic mass is 16.5. The molecule has 29 heavy (non-hydrogen) atoms. The van der Waals surface area contributed by atoms with Crippen LogP contribution in [0.25, 0.3) is 0 Å². The molecule has 0 spiro atoms. The second kappa shape index (κ2) is 12.0. The first-order chi connectivity index (χ1) is 14.1. The Bertz CT molecular complexity index is 740. The van der Waals surface area contributed by atoms with E-state index < -0.39 is 0 Å². The van der Waals surface area contributed by atoms with Crippen molar-refractivity contribution in [2.45, 2.75) is 32.2 Å². The predicted octanol–water partition coefficient (Wildman–Crippen LogP) is 4.34. The van der Waals surface area contributed by atoms with Gasteiger partial charge >= 0.3 is 0 Å². The Balaban J connectivity index is 1.74. The zero-order valence-corrected chi connectivity index (χ0v) is 17.9. The maximum atomic E-state index is 12.0. The van der Waals surface area contributed by atoms with Crippen LogP contribution in [0.5, 0.6) is 17.2 Å². The maximum absolute atomic E-state index is 12.0. The van der Waals surface area contributed by atoms with Crippen LogP contribution in [0.1, 0.15) is 31.2 Å². The molecule has 6 nitrogen and oxygen atoms in total. The van der Waals surface area contributed by atoms with Crippen LogP contribution >= 0.6 is 0 Å². The molecule has 158 valence electrons. The number of hydrogen-bond acceptors (Lipinski definition) is 5. The second-order valence-electron chi connectivity index (χ2n) is 6.97. The van der Waals surface area contributed by atoms with E-state index in [1.54, 1.807) is 21.3 Å². The van der Waals surface area contributed by atoms with Crippen molar-refractivity contribution in [2.75, 3.05) is 40.2 Å². The van der Waals surface area contributed by atoms with Gasteiger partial charge in [0.05, 0.1) is 26.9 Å². The Hall–Kier alpha value is -2.73. The van der Waals surface area contributed by atoms with Crippen LogP contribution in [0, 0.1) is 0 Å². The predicted molar refractivity (Wildman–Crippen MR) is 116 cm³/mol. The number of nitrogens with zero attached hydrogens (tertiary/aromatic N) is 1. The molecular formula is C23H32N2O4. The summed E-state index contributed by atoms with van der Waals surface area (Å²) in [6.07, 6.45) is 3.44. The zero-order valence-electron chi connectivity index (χ0n) is 17.9. The minimum absolute atomic E-state index is 0.0669. The molecular weight excluding hydrogens is 368 g/mol. The fraction of sp³-hybridized carbons (Fsp3) is 0.435. The van der Waals surface area contributed by atoms with Crippen LogP contribution in [0.3, 0.4) is 0 Å². The number of nitrogens with one attached hydrogen (secondary N) is 1. The van der Waals surface area contributed by atoms with Crippen molar-refractivity contribution >= 4 is 11.6 Å². The summed E-state index contributed by atoms with van der Waals surface area (Å²) in [5, 5.41) is 2.92. The molecule has 0 bridgehead atoms. The summed E-state index contributed by atoms with van der Waals surface area (Å²) >= 11 is 0. The average Bonchev–Trinajstić information content (AvgIpc) is 2.74. The van der Waals surface area contributed by atoms with Gasteiger partial charge in [-0.25, -0.2) is 0 Å². The largest absolute Gasteiger partial charge is 0.496 e. The van der Waals surface area contributed by atoms with Gasteiger partial charge in [0, 0.05) is 30.8 Å². The van der Waals surface area contributed by atoms with Gasteiger partial charge in [0.2, 0.25) is 5.91 Å². The number of para-hydroxylation sites is 1. The van der Waals surface area contributed by atoms with Crippen LogP contribution in [-0.2, 0) is 11.3 Å². The van der Waals surface area contributed by atoms with Crippen LogP contribution < -0.4 is 19.5 Å². The van der Waals surface area contributed by atoms with E-state index in [1.807, 2.05) is 42.5 Å². The van der Waals surface area contributed by atoms with Gasteiger partial charge in [0.1, 0.15) is 17.2 Å². The topological polar surface area (TPSA) is 60.0 Å². The number of carbonyl (C=O) groups is 1. The molecule has 0 aromatic heterocycles. The highest BCUT2D eigenvalue weighted by Crippen LogP contribution is 2.34. The number of ether oxygens (including phenoxy) is 3. The average molecular weight is 401 g/mol. The molecule has 0 fully saturated rings. The Labute approximate surface area is 173 Å². The number of amides is 1. The Morgan fingerprint density at radius 3 is 2.17 bits per heavy atom. The van der Waals surface area contributed by atoms with E-state index in [4.69, 9.17) is 14.2 Å². The van der Waals surface area contributed by atoms with Crippen molar-refractivity contribution in [2.24, 2.45) is 0 Å². The van der Waals surface area contributed by atoms with Crippen molar-refractivity contribution in [1.29, 1.82) is 0 Å². The van der Waals surface area contributed by atoms with Crippen LogP contribution in [0.4, 0.5) is 5.69 Å². The number of rotatable bonds is 12. The van der Waals surface area contributed by atoms with Crippen molar-refractivity contribution < 1.29 is 19.0 Å². The lowest BCUT2D eigenvalue weighted by atomic mass is 10.1. The maximum Gasteiger partial charge on any atom is 0.224 e. The van der Waals surface area contributed by atoms with Gasteiger partial charge in [0.25, 0.3) is 0 Å². The first-order valence-corrected chi connectivity index (χ1v) is 9.89. The van der Waals surface area contributed by atoms with Gasteiger partial charge in [-0.05, 0) is 38.6 Å². The van der Waals surface area contributed by atoms with Crippen LogP contribution in [0.2, 0.25) is 0 Å². The molecule has 0 aliphatic rings. The van der Waals surface area contributed by atoms with Crippen molar-refractivity contribution in [3.63, 3.8) is 0 Å². The van der Waals surface area contributed by atoms with Gasteiger partial charge in [-0.1, -0.05) is 24.6 Å². The van der Waals surface area contributed by atoms with Gasteiger partial charge in [-0.3, -0.25) is 4.79 Å². The summed E-state index contributed by atoms with van der Waals surface area (Å²) < 4.78 is 16.3. The van der Waals surface area contributed by atoms with E-state index in [0.29, 0.717) is 18.7 Å². The molecule has 1 amide bonds. The lowest BCUT2D eigenvalue weighted by Gasteiger charge is -2.21. The monoisotopic (exact) mass is 400 g/mol. The third-order valence-electron chi connectivity index (χ3n) is 4.75. The summed E-state index contributed by atoms with van der Waals surface area (Å²) in [6.45, 7) is 1.64. The standard InChI is InChI=1S/C23H32N2O4/c1-25(17-20-21(28-3)15-19(27-2)16-22(20)29-4)14-10-6-9-13-23(26)24-18-11-7-5-8-12-18/h5,7-8,11-12,15-16H,6,9-10,13-14,17H2,1-4H3,(H,24,26). The van der Waals surface area contributed by atoms with Gasteiger partial charge < -0.3 is 24.4 Å². The minimum Gasteiger partial charge on any atom is -0.496 e. The third kappa shape index (κ3) is 7.31. The van der Waals surface area contributed by atoms with Crippen molar-refractivity contribution in [3.8, 4) is 17.2 Å². The first kappa shape index (κ1) is 22.6. The first-order valence-electron chi connectivity index (χ1n) is 9.89. The van der Waals surface area contributed by atoms with E-state index in [1.165, 1.54) is 0 Å². The molecule has 0 saturated heterocycles. The third-order valence-corrected chi connectivity index (χ3v) is 4.75. The molecule has 0 unspecified atom stereocenters. The molecule has 0 saturated carbocycles. The summed E-state index contributed by atoms with van der Waals surface area (Å²) in [5.74, 6) is 2.28. The molecule has 2 aromatic carbocycles. The lowest BCUT2D eigenvalue weighted by Crippen LogP contribution is -2.20. The highest BCUT2D eigenvalue weighted by molar-refractivity contribution is 5.90. The molecule has 0 aliphatic carbocycles. The van der Waals surface area contributed by atoms with E-state index in [9.17, 15) is 4.79 Å². The van der Waals surface area contributed by atoms with Crippen LogP contribution in [-0.4, -0.2) is 45.7 Å². The Morgan fingerprint density at radius 1 is 0.931 bits per heavy atom. The SMILES string of the molecule is COc1cc(OC)c(CN(C)CCCCCC(=O)Nc2ccccc2)c(OC)c1. The molecule has 1 N–H and O–H groups in total. The van der Waals surface area contributed by atoms with Crippen molar-refractivity contribution in [1.82, 2.24) is 4.90 Å². The van der Waals surface area contributed by atoms with Gasteiger partial charge in [-0.2, -0.15) is 0 Å². The fourth-order valence-corrected chi connectivity index (χ4v) is 3.17. The second-order valence-corrected chi connectivity index (χ2v) is 6.97. The molecule has 6 heteroatoms. The van der Waals surface area contributed by atoms with Crippen molar-refractivity contribution in [3.05, 3.63) is 48.0 Å². The van der Waals surface area contributed by atoms with E-state index in [-0.39, 0.29) is 5.91 Å². The lowest BCUT2D eigenvalue weighted by molar-refractivity contribution is -0.116. The number of hydrogen-bond donors (Lipinski definition) is 1. The summed E-state index contributed by atoms with van der Waals surface area (Å²) in [4.78, 5) is 14.2. The minimum atomic E-state index is 0.0669. The van der Waals surface area contributed by atoms with Crippen LogP contribution in [0.15, 0.2) is 42.5 Å². The number of unbranched alkanes of at least 4 members (excludes halogenated alkanes) is 2. The number of benzene rings is 2. The molecule has 2 aromatic rings. The quantitative estimate of drug-likeness (QED) is 0.537. The van der Waals surface area contributed by atoms with E-state index in [0.717, 1.165) is 48.6 Å². The summed E-state index contributed by atoms with van der Waals surface area (Å²) in [6, 6.07) is 13.3. The van der Waals surface area contributed by atoms with E-state index >= 15 is 0 Å². The molecule has 0 aliphatic heterocycles. The highest BCUT2D eigenvalue weighted by Gasteiger charge is 2.15. The van der Waals surface area contributed by atoms with E-state index in [2.05, 4.69) is 17.3 Å². The molecule has 0 atom stereocenters. The number of anilines is 1. The van der Waals surface area contributed by atoms with Gasteiger partial charge in [-0.15, -0.1) is 0 Å². The fourth-order valence-electron chi connectivity index (χ4n) is 3.17. The zero-order chi connectivity index (χ0) is 21.1. The number of methoxy groups -OCH3 is 3. The summed E-state index contributed by atoms with van der Waals surface area (Å²) in [7, 11) is 7.00. The molecule has 2 rings (SSSR count). The Kier molecular flexibility index (Phi) is 9.31. The molecule has 0 radical (unpaired) electrons. The summed E-state index contributed by atoms with van der Waals surface area (Å²) in [5.41, 5.74) is 1.85. The number of carbonyl (C=O) groups excluding carboxylic acids is 1. The Morgan fingerprint density at radius 2 is 1.59 bits per heavy atom. The van der Waals surface area contributed by atoms with Gasteiger partial charge in [0.15, 0.2) is 0 Å². The molecule has 0 heterocycles. The normalized spacial score (nSPS) is 10.7.